The van der Waals surface area contributed by atoms with E-state index < -0.39 is 20.1 Å². The van der Waals surface area contributed by atoms with Gasteiger partial charge in [0.1, 0.15) is 5.75 Å². The Hall–Kier alpha value is -4.15. The van der Waals surface area contributed by atoms with E-state index in [1.165, 1.54) is 11.3 Å². The van der Waals surface area contributed by atoms with Gasteiger partial charge in [-0.1, -0.05) is 18.2 Å². The van der Waals surface area contributed by atoms with Crippen molar-refractivity contribution < 1.29 is 14.3 Å². The number of nitriles is 1. The van der Waals surface area contributed by atoms with Crippen LogP contribution in [0.1, 0.15) is 49.4 Å². The van der Waals surface area contributed by atoms with Crippen LogP contribution in [0.25, 0.3) is 10.2 Å². The molecular formula is C35H37IN6O3S. The molecule has 2 aromatic carbocycles. The molecule has 9 nitrogen and oxygen atoms in total. The van der Waals surface area contributed by atoms with Gasteiger partial charge in [0.25, 0.3) is 0 Å². The van der Waals surface area contributed by atoms with Crippen molar-refractivity contribution in [2.45, 2.75) is 47.2 Å². The number of ether oxygens (including phenoxy) is 1. The summed E-state index contributed by atoms with van der Waals surface area (Å²) in [6.07, 6.45) is 4.21. The molecule has 11 heteroatoms. The van der Waals surface area contributed by atoms with E-state index in [-0.39, 0.29) is 29.0 Å². The van der Waals surface area contributed by atoms with Crippen LogP contribution >= 0.6 is 31.4 Å². The number of thiophene rings is 1. The maximum absolute atomic E-state index is 13.8. The second kappa shape index (κ2) is 12.9. The van der Waals surface area contributed by atoms with Crippen LogP contribution in [0.3, 0.4) is 0 Å². The van der Waals surface area contributed by atoms with Crippen LogP contribution in [0, 0.1) is 23.7 Å². The molecule has 4 heterocycles. The molecule has 2 amide bonds. The van der Waals surface area contributed by atoms with E-state index >= 15 is 0 Å². The Kier molecular flexibility index (Phi) is 8.94. The number of carbonyl (C=O) groups is 2. The number of benzene rings is 2. The number of hydrogen-bond acceptors (Lipinski definition) is 8. The van der Waals surface area contributed by atoms with Crippen molar-refractivity contribution in [2.75, 3.05) is 25.7 Å². The molecule has 0 aliphatic carbocycles. The van der Waals surface area contributed by atoms with Gasteiger partial charge in [-0.2, -0.15) is 0 Å². The average molecular weight is 749 g/mol. The van der Waals surface area contributed by atoms with Gasteiger partial charge in [0, 0.05) is 0 Å². The molecule has 0 saturated carbocycles. The zero-order chi connectivity index (χ0) is 32.6. The van der Waals surface area contributed by atoms with Crippen LogP contribution in [0.15, 0.2) is 72.4 Å². The molecular weight excluding hydrogens is 711 g/mol. The number of pyridine rings is 1. The third-order valence-electron chi connectivity index (χ3n) is 7.70. The number of amides is 2. The average Bonchev–Trinajstić information content (AvgIpc) is 3.40. The number of para-hydroxylation sites is 1. The molecule has 1 saturated heterocycles. The number of aryl methyl sites for hydroxylation is 1. The Morgan fingerprint density at radius 1 is 1.15 bits per heavy atom. The molecule has 2 N–H and O–H groups in total. The fourth-order valence-electron chi connectivity index (χ4n) is 5.76. The van der Waals surface area contributed by atoms with Gasteiger partial charge in [-0.05, 0) is 12.1 Å². The van der Waals surface area contributed by atoms with Gasteiger partial charge in [-0.25, -0.2) is 0 Å². The summed E-state index contributed by atoms with van der Waals surface area (Å²) in [5, 5.41) is 14.2. The van der Waals surface area contributed by atoms with Crippen LogP contribution < -0.4 is 18.5 Å². The van der Waals surface area contributed by atoms with E-state index in [4.69, 9.17) is 4.74 Å². The molecule has 238 valence electrons. The quantitative estimate of drug-likeness (QED) is 0.0512. The zero-order valence-electron chi connectivity index (χ0n) is 26.6. The molecule has 2 aliphatic rings. The Morgan fingerprint density at radius 2 is 1.93 bits per heavy atom. The van der Waals surface area contributed by atoms with E-state index in [0.29, 0.717) is 16.0 Å². The summed E-state index contributed by atoms with van der Waals surface area (Å²) in [5.41, 5.74) is 3.77. The molecule has 1 unspecified atom stereocenters. The van der Waals surface area contributed by atoms with Crippen molar-refractivity contribution >= 4 is 70.5 Å². The second-order valence-electron chi connectivity index (χ2n) is 12.5. The molecule has 0 radical (unpaired) electrons. The number of aromatic nitrogens is 1. The first-order valence-corrected chi connectivity index (χ1v) is 20.1. The number of nitrogens with zero attached hydrogens (tertiary/aromatic N) is 4. The first-order chi connectivity index (χ1) is 22.0. The summed E-state index contributed by atoms with van der Waals surface area (Å²) < 4.78 is 10.8. The summed E-state index contributed by atoms with van der Waals surface area (Å²) in [6.45, 7) is 10.7. The predicted octanol–water partition coefficient (Wildman–Crippen LogP) is 8.14. The van der Waals surface area contributed by atoms with Crippen LogP contribution in [-0.2, 0) is 4.79 Å². The minimum absolute atomic E-state index is 0.124. The summed E-state index contributed by atoms with van der Waals surface area (Å²) in [7, 11) is 0. The first-order valence-electron chi connectivity index (χ1n) is 15.2. The standard InChI is InChI=1S/C35H37IN6O3S/c1-22-18-26(45-25-10-7-6-8-11-25)12-13-27(22)42-23(2)39-30-29-28(42)14-16-38-33(29)46-31(30)32(43)40-36-15-9-17-41(21-36)34(44)24(20-37)19-35(3,4)5/h6-8,10-14,16,18-19,23,39H,9,15,17,21H2,1-5H3,(H,40,43)/b24-19+. The third kappa shape index (κ3) is 6.55. The molecule has 1 atom stereocenters. The van der Waals surface area contributed by atoms with Gasteiger partial charge in [-0.3, -0.25) is 0 Å². The molecule has 2 aromatic heterocycles. The van der Waals surface area contributed by atoms with E-state index in [1.807, 2.05) is 69.3 Å². The van der Waals surface area contributed by atoms with Crippen LogP contribution in [-0.4, -0.2) is 43.4 Å². The maximum atomic E-state index is 13.8. The fraction of sp³-hybridized carbons (Fsp3) is 0.314. The monoisotopic (exact) mass is 748 g/mol. The molecule has 2 aliphatic heterocycles. The summed E-state index contributed by atoms with van der Waals surface area (Å²) >= 11 is -0.674. The normalized spacial score (nSPS) is 17.3. The predicted molar refractivity (Wildman–Crippen MR) is 193 cm³/mol. The Labute approximate surface area is 281 Å². The van der Waals surface area contributed by atoms with E-state index in [0.717, 1.165) is 55.2 Å². The molecule has 0 bridgehead atoms. The number of nitrogens with one attached hydrogen (secondary N) is 2. The van der Waals surface area contributed by atoms with Crippen molar-refractivity contribution in [3.05, 3.63) is 82.9 Å². The van der Waals surface area contributed by atoms with Crippen LogP contribution in [0.5, 0.6) is 11.5 Å². The van der Waals surface area contributed by atoms with E-state index in [9.17, 15) is 14.9 Å². The fourth-order valence-corrected chi connectivity index (χ4v) is 11.6. The van der Waals surface area contributed by atoms with Crippen molar-refractivity contribution in [1.29, 1.82) is 5.26 Å². The Balaban J connectivity index is 1.23. The van der Waals surface area contributed by atoms with Crippen molar-refractivity contribution in [3.8, 4) is 17.6 Å². The number of carbonyl (C=O) groups excluding carboxylic acids is 2. The number of allylic oxidation sites excluding steroid dienone is 1. The van der Waals surface area contributed by atoms with E-state index in [1.54, 1.807) is 17.2 Å². The number of anilines is 3. The summed E-state index contributed by atoms with van der Waals surface area (Å²) in [4.78, 5) is 37.1. The molecule has 1 fully saturated rings. The van der Waals surface area contributed by atoms with Gasteiger partial charge >= 0.3 is 246 Å². The molecule has 0 spiro atoms. The Bertz CT molecular complexity index is 1880. The van der Waals surface area contributed by atoms with Crippen LogP contribution in [0.2, 0.25) is 0 Å². The number of hydrogen-bond donors (Lipinski definition) is 2. The van der Waals surface area contributed by atoms with Crippen molar-refractivity contribution in [1.82, 2.24) is 13.4 Å². The zero-order valence-corrected chi connectivity index (χ0v) is 29.5. The van der Waals surface area contributed by atoms with Crippen molar-refractivity contribution in [3.63, 3.8) is 0 Å². The minimum atomic E-state index is -2.06. The Morgan fingerprint density at radius 3 is 2.65 bits per heavy atom. The molecule has 6 rings (SSSR count). The van der Waals surface area contributed by atoms with Gasteiger partial charge in [-0.15, -0.1) is 0 Å². The summed E-state index contributed by atoms with van der Waals surface area (Å²) in [5.74, 6) is 1.18. The molecule has 46 heavy (non-hydrogen) atoms. The first kappa shape index (κ1) is 31.8. The van der Waals surface area contributed by atoms with Crippen LogP contribution in [0.4, 0.5) is 17.1 Å². The third-order valence-corrected chi connectivity index (χ3v) is 13.8. The second-order valence-corrected chi connectivity index (χ2v) is 18.4. The van der Waals surface area contributed by atoms with Crippen molar-refractivity contribution in [2.24, 2.45) is 5.41 Å². The number of alkyl halides is 2. The number of halogens is 1. The SMILES string of the molecule is Cc1cc(Oc2ccccc2)ccc1N1c2ccnc3sc(C(=O)NI4CCCN(C(=O)/C(C#N)=C/C(C)(C)C)C4)c(c23)NC1C. The molecule has 4 aromatic rings. The van der Waals surface area contributed by atoms with Gasteiger partial charge < -0.3 is 0 Å². The summed E-state index contributed by atoms with van der Waals surface area (Å²) in [6, 6.07) is 19.9. The van der Waals surface area contributed by atoms with Gasteiger partial charge in [0.05, 0.1) is 0 Å². The topological polar surface area (TPSA) is 111 Å². The number of rotatable bonds is 6. The van der Waals surface area contributed by atoms with Gasteiger partial charge in [0.2, 0.25) is 0 Å². The van der Waals surface area contributed by atoms with Gasteiger partial charge in [0.15, 0.2) is 0 Å². The van der Waals surface area contributed by atoms with E-state index in [2.05, 4.69) is 44.7 Å².